The molecule has 40 heavy (non-hydrogen) atoms. The van der Waals surface area contributed by atoms with E-state index in [9.17, 15) is 38.4 Å². The highest BCUT2D eigenvalue weighted by atomic mass is 33.1. The van der Waals surface area contributed by atoms with Crippen molar-refractivity contribution in [1.29, 1.82) is 0 Å². The molecule has 0 aliphatic carbocycles. The van der Waals surface area contributed by atoms with Gasteiger partial charge in [-0.3, -0.25) is 38.4 Å². The van der Waals surface area contributed by atoms with Crippen molar-refractivity contribution in [3.63, 3.8) is 0 Å². The Bertz CT molecular complexity index is 879. The highest BCUT2D eigenvalue weighted by Gasteiger charge is 2.27. The largest absolute Gasteiger partial charge is 0.481 e. The van der Waals surface area contributed by atoms with Crippen molar-refractivity contribution in [1.82, 2.24) is 21.3 Å². The van der Waals surface area contributed by atoms with Crippen LogP contribution in [0.15, 0.2) is 0 Å². The van der Waals surface area contributed by atoms with Crippen LogP contribution in [-0.4, -0.2) is 117 Å². The number of amides is 4. The topological polar surface area (TPSA) is 318 Å². The third-order valence-corrected chi connectivity index (χ3v) is 7.08. The molecule has 12 N–H and O–H groups in total. The Morgan fingerprint density at radius 3 is 1.15 bits per heavy atom. The number of carboxylic acids is 4. The third-order valence-electron chi connectivity index (χ3n) is 4.66. The summed E-state index contributed by atoms with van der Waals surface area (Å²) in [5.41, 5.74) is 11.3. The predicted molar refractivity (Wildman–Crippen MR) is 140 cm³/mol. The van der Waals surface area contributed by atoms with E-state index in [0.717, 1.165) is 21.6 Å². The molecule has 0 aromatic heterocycles. The van der Waals surface area contributed by atoms with E-state index in [1.807, 2.05) is 0 Å². The van der Waals surface area contributed by atoms with Gasteiger partial charge >= 0.3 is 23.9 Å². The molecule has 0 fully saturated rings. The Labute approximate surface area is 235 Å². The van der Waals surface area contributed by atoms with Gasteiger partial charge in [-0.15, -0.1) is 0 Å². The van der Waals surface area contributed by atoms with Gasteiger partial charge in [0, 0.05) is 24.3 Å². The van der Waals surface area contributed by atoms with Crippen LogP contribution in [-0.2, 0) is 38.4 Å². The van der Waals surface area contributed by atoms with Gasteiger partial charge in [-0.2, -0.15) is 0 Å². The van der Waals surface area contributed by atoms with Gasteiger partial charge in [0.05, 0.1) is 12.1 Å². The third kappa shape index (κ3) is 17.1. The van der Waals surface area contributed by atoms with Crippen LogP contribution in [0.1, 0.15) is 25.7 Å². The number of nitrogens with two attached hydrogens (primary N) is 2. The van der Waals surface area contributed by atoms with Gasteiger partial charge < -0.3 is 53.2 Å². The second-order valence-corrected chi connectivity index (χ2v) is 10.5. The molecule has 0 bridgehead atoms. The van der Waals surface area contributed by atoms with Crippen LogP contribution in [0.4, 0.5) is 0 Å². The molecule has 0 unspecified atom stereocenters. The first kappa shape index (κ1) is 36.4. The number of hydrogen-bond acceptors (Lipinski definition) is 12. The average Bonchev–Trinajstić information content (AvgIpc) is 2.87. The lowest BCUT2D eigenvalue weighted by atomic mass is 10.1. The molecule has 0 radical (unpaired) electrons. The number of rotatable bonds is 21. The summed E-state index contributed by atoms with van der Waals surface area (Å²) in [4.78, 5) is 92.4. The minimum Gasteiger partial charge on any atom is -0.481 e. The maximum atomic E-state index is 12.4. The molecule has 0 saturated heterocycles. The first-order valence-electron chi connectivity index (χ1n) is 11.4. The number of nitrogens with one attached hydrogen (secondary N) is 4. The highest BCUT2D eigenvalue weighted by molar-refractivity contribution is 8.76. The van der Waals surface area contributed by atoms with Crippen molar-refractivity contribution in [2.75, 3.05) is 24.6 Å². The summed E-state index contributed by atoms with van der Waals surface area (Å²) < 4.78 is 0. The number of hydrogen-bond donors (Lipinski definition) is 10. The summed E-state index contributed by atoms with van der Waals surface area (Å²) in [6.07, 6.45) is -1.28. The first-order chi connectivity index (χ1) is 18.6. The van der Waals surface area contributed by atoms with Gasteiger partial charge in [0.1, 0.15) is 25.2 Å². The van der Waals surface area contributed by atoms with Gasteiger partial charge in [-0.05, 0) is 12.8 Å². The lowest BCUT2D eigenvalue weighted by molar-refractivity contribution is -0.139. The number of aliphatic carboxylic acids is 4. The normalized spacial score (nSPS) is 13.6. The Balaban J connectivity index is 5.28. The highest BCUT2D eigenvalue weighted by Crippen LogP contribution is 2.23. The van der Waals surface area contributed by atoms with Crippen LogP contribution in [0.2, 0.25) is 0 Å². The Morgan fingerprint density at radius 1 is 0.550 bits per heavy atom. The lowest BCUT2D eigenvalue weighted by Crippen LogP contribution is -2.53. The summed E-state index contributed by atoms with van der Waals surface area (Å²) in [6.45, 7) is -1.51. The van der Waals surface area contributed by atoms with Gasteiger partial charge in [-0.25, -0.2) is 0 Å². The van der Waals surface area contributed by atoms with E-state index in [2.05, 4.69) is 21.3 Å². The van der Waals surface area contributed by atoms with Crippen molar-refractivity contribution in [2.24, 2.45) is 11.5 Å². The fourth-order valence-corrected chi connectivity index (χ4v) is 4.88. The van der Waals surface area contributed by atoms with E-state index in [4.69, 9.17) is 31.9 Å². The molecule has 20 heteroatoms. The molecule has 0 heterocycles. The molecule has 226 valence electrons. The Morgan fingerprint density at radius 2 is 0.875 bits per heavy atom. The molecule has 0 aliphatic rings. The maximum absolute atomic E-state index is 12.4. The van der Waals surface area contributed by atoms with E-state index < -0.39 is 97.6 Å². The fraction of sp³-hybridized carbons (Fsp3) is 0.600. The van der Waals surface area contributed by atoms with E-state index in [1.165, 1.54) is 0 Å². The number of carboxylic acid groups (broad SMARTS) is 4. The zero-order valence-electron chi connectivity index (χ0n) is 21.0. The SMILES string of the molecule is N[C@@H](CCC(=O)O)C(=O)N[C@@H](CSSC[C@H](NC(=O)[C@@H](N)CCC(=O)O)C(=O)NCC(=O)O)C(=O)NCC(=O)O. The van der Waals surface area contributed by atoms with Crippen LogP contribution in [0.3, 0.4) is 0 Å². The van der Waals surface area contributed by atoms with Crippen LogP contribution in [0.25, 0.3) is 0 Å². The second kappa shape index (κ2) is 19.4. The van der Waals surface area contributed by atoms with Gasteiger partial charge in [0.2, 0.25) is 23.6 Å². The maximum Gasteiger partial charge on any atom is 0.322 e. The first-order valence-corrected chi connectivity index (χ1v) is 13.9. The predicted octanol–water partition coefficient (Wildman–Crippen LogP) is -3.88. The molecule has 0 rings (SSSR count). The molecule has 18 nitrogen and oxygen atoms in total. The van der Waals surface area contributed by atoms with E-state index in [0.29, 0.717) is 0 Å². The summed E-state index contributed by atoms with van der Waals surface area (Å²) in [6, 6.07) is -5.19. The molecule has 0 aromatic rings. The molecule has 0 spiro atoms. The fourth-order valence-electron chi connectivity index (χ4n) is 2.55. The van der Waals surface area contributed by atoms with E-state index in [1.54, 1.807) is 0 Å². The Hall–Kier alpha value is -3.62. The lowest BCUT2D eigenvalue weighted by Gasteiger charge is -2.21. The molecular formula is C20H32N6O12S2. The second-order valence-electron chi connectivity index (χ2n) is 7.99. The van der Waals surface area contributed by atoms with Gasteiger partial charge in [0.25, 0.3) is 0 Å². The van der Waals surface area contributed by atoms with Crippen molar-refractivity contribution in [2.45, 2.75) is 49.9 Å². The molecule has 0 aromatic carbocycles. The molecule has 0 saturated carbocycles. The number of carbonyl (C=O) groups is 8. The molecule has 4 amide bonds. The minimum atomic E-state index is -1.36. The quantitative estimate of drug-likeness (QED) is 0.0437. The van der Waals surface area contributed by atoms with Gasteiger partial charge in [-0.1, -0.05) is 21.6 Å². The van der Waals surface area contributed by atoms with E-state index >= 15 is 0 Å². The summed E-state index contributed by atoms with van der Waals surface area (Å²) in [5, 5.41) is 43.8. The van der Waals surface area contributed by atoms with Crippen LogP contribution < -0.4 is 32.7 Å². The van der Waals surface area contributed by atoms with Crippen LogP contribution >= 0.6 is 21.6 Å². The number of carbonyl (C=O) groups excluding carboxylic acids is 4. The Kier molecular flexibility index (Phi) is 17.7. The van der Waals surface area contributed by atoms with E-state index in [-0.39, 0.29) is 24.3 Å². The molecule has 4 atom stereocenters. The molecular weight excluding hydrogens is 580 g/mol. The average molecular weight is 613 g/mol. The van der Waals surface area contributed by atoms with Crippen LogP contribution in [0, 0.1) is 0 Å². The monoisotopic (exact) mass is 612 g/mol. The molecule has 0 aliphatic heterocycles. The van der Waals surface area contributed by atoms with Crippen molar-refractivity contribution >= 4 is 69.1 Å². The van der Waals surface area contributed by atoms with Gasteiger partial charge in [0.15, 0.2) is 0 Å². The summed E-state index contributed by atoms with van der Waals surface area (Å²) >= 11 is 0. The summed E-state index contributed by atoms with van der Waals surface area (Å²) in [5.74, 6) is -8.98. The summed E-state index contributed by atoms with van der Waals surface area (Å²) in [7, 11) is 1.84. The smallest absolute Gasteiger partial charge is 0.322 e. The zero-order chi connectivity index (χ0) is 30.8. The minimum absolute atomic E-state index is 0.191. The standard InChI is InChI=1S/C20H32N6O12S2/c21-9(1-3-13(27)28)17(35)25-11(19(37)23-5-15(31)32)7-39-40-8-12(20(38)24-6-16(33)34)26-18(36)10(22)2-4-14(29)30/h9-12H,1-8,21-22H2,(H,23,37)(H,24,38)(H,25,35)(H,26,36)(H,27,28)(H,29,30)(H,31,32)(H,33,34)/t9-,10-,11-,12-/m0/s1. The van der Waals surface area contributed by atoms with Crippen LogP contribution in [0.5, 0.6) is 0 Å². The van der Waals surface area contributed by atoms with Crippen molar-refractivity contribution < 1.29 is 58.8 Å². The zero-order valence-corrected chi connectivity index (χ0v) is 22.6. The van der Waals surface area contributed by atoms with Crippen molar-refractivity contribution in [3.05, 3.63) is 0 Å². The van der Waals surface area contributed by atoms with Crippen molar-refractivity contribution in [3.8, 4) is 0 Å².